The lowest BCUT2D eigenvalue weighted by atomic mass is 9.77. The number of carbonyl (C=O) groups is 5. The molecule has 0 bridgehead atoms. The lowest BCUT2D eigenvalue weighted by Gasteiger charge is -2.32. The summed E-state index contributed by atoms with van der Waals surface area (Å²) in [6, 6.07) is 4.88. The van der Waals surface area contributed by atoms with Crippen molar-refractivity contribution in [3.05, 3.63) is 122 Å². The van der Waals surface area contributed by atoms with Crippen LogP contribution in [-0.2, 0) is 101 Å². The Morgan fingerprint density at radius 3 is 2.01 bits per heavy atom. The Labute approximate surface area is 570 Å². The van der Waals surface area contributed by atoms with E-state index in [4.69, 9.17) is 25.2 Å². The van der Waals surface area contributed by atoms with Gasteiger partial charge in [-0.2, -0.15) is 49.6 Å². The standard InChI is InChI=1S/C63H66ClF10N8O15PS2/c1-30(2)95-98(90,96-31(3)4)97-45-19-32(5)18-34(23-46(83)77-44(58(88)89)26-49(86)87)52(45)59(6,7)27-48(85)82(100(11,93)94)57-51-42(64)15-14-39(54(51)81(79-57)29-61(67,68)69)38-13-12-37(16-17-60(8,9)99(10,91)92)75-53(38)43(22-33-20-35(65)24-36(66)21-33)76-47(84)28-80-56-50(55(78-80)63(72,73)74)40-25-41(40)62(56,70)71/h12-15,18-21,24,30-31,40-41,43-44H,22-23,25-29H2,1-11H3,(H,76,84)(H,77,83)(H,86,87)(H,88,89)/t40-,41+,43-,44-/m0/s1. The van der Waals surface area contributed by atoms with Crippen LogP contribution >= 0.6 is 19.4 Å². The number of hydrogen-bond donors (Lipinski definition) is 4. The predicted octanol–water partition coefficient (Wildman–Crippen LogP) is 11.2. The molecule has 4 N–H and O–H groups in total. The van der Waals surface area contributed by atoms with Crippen molar-refractivity contribution in [2.24, 2.45) is 5.92 Å². The molecule has 37 heteroatoms. The number of carboxylic acids is 2. The summed E-state index contributed by atoms with van der Waals surface area (Å²) in [5.74, 6) is -13.0. The Morgan fingerprint density at radius 1 is 0.850 bits per heavy atom. The molecule has 6 aromatic rings. The highest BCUT2D eigenvalue weighted by Gasteiger charge is 2.68. The third-order valence-electron chi connectivity index (χ3n) is 15.9. The molecule has 23 nitrogen and oxygen atoms in total. The van der Waals surface area contributed by atoms with Crippen LogP contribution < -0.4 is 19.5 Å². The number of anilines is 1. The number of aryl methyl sites for hydroxylation is 1. The summed E-state index contributed by atoms with van der Waals surface area (Å²) in [5, 5.41) is 29.8. The molecule has 2 aliphatic rings. The number of aliphatic carboxylic acids is 2. The van der Waals surface area contributed by atoms with Crippen molar-refractivity contribution in [2.75, 3.05) is 16.8 Å². The number of aromatic nitrogens is 5. The van der Waals surface area contributed by atoms with Gasteiger partial charge < -0.3 is 25.4 Å². The molecular weight excluding hydrogens is 1430 g/mol. The summed E-state index contributed by atoms with van der Waals surface area (Å²) in [5.41, 5.74) is -8.78. The quantitative estimate of drug-likeness (QED) is 0.0223. The zero-order chi connectivity index (χ0) is 74.9. The van der Waals surface area contributed by atoms with E-state index in [0.29, 0.717) is 12.3 Å². The highest BCUT2D eigenvalue weighted by Crippen LogP contribution is 2.68. The molecule has 0 aliphatic heterocycles. The van der Waals surface area contributed by atoms with Crippen LogP contribution in [0.2, 0.25) is 5.02 Å². The number of sulfonamides is 1. The monoisotopic (exact) mass is 1490 g/mol. The molecule has 100 heavy (non-hydrogen) atoms. The topological polar surface area (TPSA) is 315 Å². The van der Waals surface area contributed by atoms with Crippen LogP contribution in [0.3, 0.4) is 0 Å². The van der Waals surface area contributed by atoms with Crippen molar-refractivity contribution in [1.82, 2.24) is 35.2 Å². The number of carbonyl (C=O) groups excluding carboxylic acids is 3. The maximum atomic E-state index is 15.9. The summed E-state index contributed by atoms with van der Waals surface area (Å²) in [7, 11) is -14.0. The normalized spacial score (nSPS) is 16.2. The molecule has 0 radical (unpaired) electrons. The van der Waals surface area contributed by atoms with Gasteiger partial charge >= 0.3 is 32.1 Å². The minimum atomic E-state index is -5.31. The fraction of sp³-hybridized carbons (Fsp3) is 0.460. The number of rotatable bonds is 26. The summed E-state index contributed by atoms with van der Waals surface area (Å²) < 4.78 is 236. The fourth-order valence-corrected chi connectivity index (χ4v) is 14.6. The van der Waals surface area contributed by atoms with Gasteiger partial charge in [0, 0.05) is 52.3 Å². The van der Waals surface area contributed by atoms with Crippen molar-refractivity contribution in [3.63, 3.8) is 0 Å². The van der Waals surface area contributed by atoms with Gasteiger partial charge in [0.2, 0.25) is 27.7 Å². The average molecular weight is 1500 g/mol. The molecule has 3 aromatic heterocycles. The van der Waals surface area contributed by atoms with Crippen molar-refractivity contribution in [1.29, 1.82) is 0 Å². The molecule has 0 saturated heterocycles. The SMILES string of the molecule is Cc1cc(CC(=O)N[C@@H](CC(=O)O)C(=O)O)c(C(C)(C)CC(=O)N(c2nn(CC(F)(F)F)c3c(-c4ccc(C#CC(C)(C)S(C)(=O)=O)nc4[C@H](Cc4cc(F)cc(F)c4)NC(=O)Cn4nc(C(F)(F)F)c5c4C(F)(F)[C@@H]4C[C@H]54)ccc(Cl)c23)S(C)(=O)=O)c(OP(=O)(OC(C)C)OC(C)C)c1. The summed E-state index contributed by atoms with van der Waals surface area (Å²) >= 11 is 6.90. The molecule has 1 fully saturated rings. The number of sulfone groups is 1. The molecule has 0 spiro atoms. The zero-order valence-corrected chi connectivity index (χ0v) is 58.2. The Bertz CT molecular complexity index is 4630. The third kappa shape index (κ3) is 17.4. The summed E-state index contributed by atoms with van der Waals surface area (Å²) in [4.78, 5) is 72.0. The number of pyridine rings is 1. The molecule has 8 rings (SSSR count). The molecule has 0 unspecified atom stereocenters. The van der Waals surface area contributed by atoms with Crippen molar-refractivity contribution in [2.45, 2.75) is 166 Å². The predicted molar refractivity (Wildman–Crippen MR) is 340 cm³/mol. The third-order valence-corrected chi connectivity index (χ3v) is 21.0. The number of phosphoric ester groups is 1. The van der Waals surface area contributed by atoms with E-state index in [9.17, 15) is 64.0 Å². The van der Waals surface area contributed by atoms with E-state index in [1.165, 1.54) is 74.4 Å². The van der Waals surface area contributed by atoms with Gasteiger partial charge in [-0.05, 0) is 126 Å². The van der Waals surface area contributed by atoms with Crippen molar-refractivity contribution >= 4 is 85.7 Å². The molecule has 3 amide bonds. The first-order valence-corrected chi connectivity index (χ1v) is 35.8. The van der Waals surface area contributed by atoms with Crippen LogP contribution in [-0.4, -0.2) is 123 Å². The highest BCUT2D eigenvalue weighted by molar-refractivity contribution is 7.93. The maximum absolute atomic E-state index is 15.9. The molecule has 2 aliphatic carbocycles. The minimum absolute atomic E-state index is 0.00908. The number of carboxylic acid groups (broad SMARTS) is 2. The highest BCUT2D eigenvalue weighted by atomic mass is 35.5. The smallest absolute Gasteiger partial charge is 0.481 e. The number of nitrogens with zero attached hydrogens (tertiary/aromatic N) is 6. The minimum Gasteiger partial charge on any atom is -0.481 e. The van der Waals surface area contributed by atoms with E-state index in [0.717, 1.165) is 42.7 Å². The van der Waals surface area contributed by atoms with E-state index < -0.39 is 234 Å². The Balaban J connectivity index is 1.35. The first-order chi connectivity index (χ1) is 45.8. The van der Waals surface area contributed by atoms with Gasteiger partial charge in [-0.3, -0.25) is 37.6 Å². The number of amides is 3. The first-order valence-electron chi connectivity index (χ1n) is 30.2. The van der Waals surface area contributed by atoms with Crippen LogP contribution in [0, 0.1) is 36.3 Å². The van der Waals surface area contributed by atoms with Crippen LogP contribution in [0.4, 0.5) is 49.7 Å². The van der Waals surface area contributed by atoms with E-state index in [-0.39, 0.29) is 48.0 Å². The second-order valence-electron chi connectivity index (χ2n) is 25.9. The molecule has 542 valence electrons. The number of benzene rings is 3. The number of nitrogens with one attached hydrogen (secondary N) is 2. The van der Waals surface area contributed by atoms with E-state index in [1.807, 2.05) is 0 Å². The maximum Gasteiger partial charge on any atom is 0.530 e. The van der Waals surface area contributed by atoms with Gasteiger partial charge in [-0.15, -0.1) is 0 Å². The first kappa shape index (κ1) is 77.6. The lowest BCUT2D eigenvalue weighted by Crippen LogP contribution is -2.43. The largest absolute Gasteiger partial charge is 0.530 e. The number of hydrogen-bond acceptors (Lipinski definition) is 16. The van der Waals surface area contributed by atoms with Gasteiger partial charge in [0.1, 0.15) is 52.7 Å². The van der Waals surface area contributed by atoms with Crippen LogP contribution in [0.1, 0.15) is 137 Å². The Hall–Kier alpha value is -8.16. The molecule has 4 atom stereocenters. The van der Waals surface area contributed by atoms with Crippen LogP contribution in [0.15, 0.2) is 54.6 Å². The number of alkyl halides is 8. The van der Waals surface area contributed by atoms with Gasteiger partial charge in [0.25, 0.3) is 5.92 Å². The zero-order valence-electron chi connectivity index (χ0n) is 54.9. The molecule has 1 saturated carbocycles. The van der Waals surface area contributed by atoms with E-state index in [2.05, 4.69) is 37.7 Å². The number of fused-ring (bicyclic) bond motifs is 4. The van der Waals surface area contributed by atoms with E-state index in [1.54, 1.807) is 0 Å². The lowest BCUT2D eigenvalue weighted by molar-refractivity contribution is -0.147. The van der Waals surface area contributed by atoms with Gasteiger partial charge in [0.05, 0.1) is 59.0 Å². The van der Waals surface area contributed by atoms with E-state index >= 15 is 35.5 Å². The average Bonchev–Trinajstić information content (AvgIpc) is 1.51. The second-order valence-corrected chi connectivity index (χ2v) is 32.2. The van der Waals surface area contributed by atoms with Crippen molar-refractivity contribution in [3.8, 4) is 28.7 Å². The van der Waals surface area contributed by atoms with Gasteiger partial charge in [-0.25, -0.2) is 40.0 Å². The number of halogens is 11. The van der Waals surface area contributed by atoms with Crippen LogP contribution in [0.25, 0.3) is 22.0 Å². The van der Waals surface area contributed by atoms with Crippen LogP contribution in [0.5, 0.6) is 5.75 Å². The van der Waals surface area contributed by atoms with Gasteiger partial charge in [0.15, 0.2) is 21.3 Å². The molecular formula is C63H66ClF10N8O15PS2. The van der Waals surface area contributed by atoms with Gasteiger partial charge in [-0.1, -0.05) is 43.5 Å². The number of phosphoric acid groups is 1. The fourth-order valence-electron chi connectivity index (χ4n) is 11.7. The molecule has 3 aromatic carbocycles. The summed E-state index contributed by atoms with van der Waals surface area (Å²) in [6.07, 6.45) is -15.2. The second kappa shape index (κ2) is 28.0. The Morgan fingerprint density at radius 2 is 1.46 bits per heavy atom. The molecule has 3 heterocycles. The van der Waals surface area contributed by atoms with Crippen molar-refractivity contribution < 1.29 is 113 Å². The Kier molecular flexibility index (Phi) is 21.7. The summed E-state index contributed by atoms with van der Waals surface area (Å²) in [6.45, 7) is 8.80.